The number of ether oxygens (including phenoxy) is 1. The van der Waals surface area contributed by atoms with Crippen LogP contribution in [0.3, 0.4) is 0 Å². The molecule has 2 aromatic rings. The Morgan fingerprint density at radius 2 is 2.11 bits per heavy atom. The zero-order valence-electron chi connectivity index (χ0n) is 10.6. The zero-order chi connectivity index (χ0) is 13.2. The average molecular weight is 258 g/mol. The molecule has 1 atom stereocenters. The van der Waals surface area contributed by atoms with E-state index in [1.165, 1.54) is 0 Å². The first-order valence-electron chi connectivity index (χ1n) is 6.27. The number of benzene rings is 1. The van der Waals surface area contributed by atoms with Crippen LogP contribution in [0.15, 0.2) is 28.8 Å². The number of carbonyl (C=O) groups is 1. The Kier molecular flexibility index (Phi) is 3.13. The van der Waals surface area contributed by atoms with Gasteiger partial charge in [0, 0.05) is 23.7 Å². The Labute approximate surface area is 110 Å². The lowest BCUT2D eigenvalue weighted by Crippen LogP contribution is -1.99. The van der Waals surface area contributed by atoms with Gasteiger partial charge in [0.1, 0.15) is 0 Å². The molecule has 1 aliphatic rings. The summed E-state index contributed by atoms with van der Waals surface area (Å²) in [5.74, 6) is 1.45. The van der Waals surface area contributed by atoms with Gasteiger partial charge in [-0.15, -0.1) is 0 Å². The van der Waals surface area contributed by atoms with Crippen LogP contribution in [-0.4, -0.2) is 29.1 Å². The fourth-order valence-electron chi connectivity index (χ4n) is 2.10. The van der Waals surface area contributed by atoms with Crippen molar-refractivity contribution in [3.63, 3.8) is 0 Å². The normalized spacial score (nSPS) is 18.7. The molecular formula is C14H14N2O3. The third-order valence-electron chi connectivity index (χ3n) is 3.27. The molecule has 0 aliphatic carbocycles. The van der Waals surface area contributed by atoms with E-state index in [0.717, 1.165) is 18.6 Å². The van der Waals surface area contributed by atoms with E-state index < -0.39 is 0 Å². The molecule has 1 aliphatic heterocycles. The van der Waals surface area contributed by atoms with Gasteiger partial charge in [-0.2, -0.15) is 4.98 Å². The van der Waals surface area contributed by atoms with Crippen molar-refractivity contribution in [3.8, 4) is 11.5 Å². The van der Waals surface area contributed by atoms with Crippen LogP contribution in [0.25, 0.3) is 11.5 Å². The highest BCUT2D eigenvalue weighted by atomic mass is 16.5. The van der Waals surface area contributed by atoms with Crippen molar-refractivity contribution in [2.24, 2.45) is 0 Å². The van der Waals surface area contributed by atoms with Gasteiger partial charge in [0.25, 0.3) is 5.89 Å². The first-order valence-corrected chi connectivity index (χ1v) is 6.27. The van der Waals surface area contributed by atoms with Gasteiger partial charge < -0.3 is 9.26 Å². The number of rotatable bonds is 3. The van der Waals surface area contributed by atoms with Gasteiger partial charge in [-0.05, 0) is 25.5 Å². The Balaban J connectivity index is 1.83. The van der Waals surface area contributed by atoms with Crippen LogP contribution in [-0.2, 0) is 4.74 Å². The number of hydrogen-bond acceptors (Lipinski definition) is 5. The van der Waals surface area contributed by atoms with Crippen LogP contribution < -0.4 is 0 Å². The SMILES string of the molecule is CC(=O)c1ccc(-c2nc([C@H]3CCOC3)no2)cc1. The molecular weight excluding hydrogens is 244 g/mol. The average Bonchev–Trinajstić information content (AvgIpc) is 3.10. The predicted molar refractivity (Wildman–Crippen MR) is 67.9 cm³/mol. The van der Waals surface area contributed by atoms with Crippen LogP contribution in [0.5, 0.6) is 0 Å². The van der Waals surface area contributed by atoms with Crippen molar-refractivity contribution < 1.29 is 14.1 Å². The molecule has 19 heavy (non-hydrogen) atoms. The summed E-state index contributed by atoms with van der Waals surface area (Å²) in [5, 5.41) is 4.00. The Morgan fingerprint density at radius 1 is 1.32 bits per heavy atom. The van der Waals surface area contributed by atoms with Crippen molar-refractivity contribution >= 4 is 5.78 Å². The van der Waals surface area contributed by atoms with Gasteiger partial charge in [0.15, 0.2) is 11.6 Å². The summed E-state index contributed by atoms with van der Waals surface area (Å²) in [5.41, 5.74) is 1.50. The van der Waals surface area contributed by atoms with Gasteiger partial charge in [0.2, 0.25) is 0 Å². The summed E-state index contributed by atoms with van der Waals surface area (Å²) in [6, 6.07) is 7.17. The van der Waals surface area contributed by atoms with Crippen molar-refractivity contribution in [2.45, 2.75) is 19.3 Å². The lowest BCUT2D eigenvalue weighted by atomic mass is 10.1. The number of hydrogen-bond donors (Lipinski definition) is 0. The zero-order valence-corrected chi connectivity index (χ0v) is 10.6. The standard InChI is InChI=1S/C14H14N2O3/c1-9(17)10-2-4-11(5-3-10)14-15-13(16-19-14)12-6-7-18-8-12/h2-5,12H,6-8H2,1H3/t12-/m0/s1. The van der Waals surface area contributed by atoms with Crippen LogP contribution in [0, 0.1) is 0 Å². The summed E-state index contributed by atoms with van der Waals surface area (Å²) >= 11 is 0. The van der Waals surface area contributed by atoms with Gasteiger partial charge in [-0.1, -0.05) is 17.3 Å². The fourth-order valence-corrected chi connectivity index (χ4v) is 2.10. The molecule has 0 spiro atoms. The van der Waals surface area contributed by atoms with Gasteiger partial charge in [0.05, 0.1) is 6.61 Å². The number of Topliss-reactive ketones (excluding diaryl/α,β-unsaturated/α-hetero) is 1. The molecule has 98 valence electrons. The van der Waals surface area contributed by atoms with Crippen molar-refractivity contribution in [1.29, 1.82) is 0 Å². The summed E-state index contributed by atoms with van der Waals surface area (Å²) in [6.07, 6.45) is 0.933. The first-order chi connectivity index (χ1) is 9.24. The molecule has 0 bridgehead atoms. The van der Waals surface area contributed by atoms with Crippen LogP contribution in [0.4, 0.5) is 0 Å². The van der Waals surface area contributed by atoms with E-state index in [0.29, 0.717) is 23.9 Å². The molecule has 0 unspecified atom stereocenters. The van der Waals surface area contributed by atoms with E-state index in [2.05, 4.69) is 10.1 Å². The van der Waals surface area contributed by atoms with Crippen LogP contribution >= 0.6 is 0 Å². The number of carbonyl (C=O) groups excluding carboxylic acids is 1. The molecule has 0 radical (unpaired) electrons. The highest BCUT2D eigenvalue weighted by Crippen LogP contribution is 2.25. The fraction of sp³-hybridized carbons (Fsp3) is 0.357. The quantitative estimate of drug-likeness (QED) is 0.791. The highest BCUT2D eigenvalue weighted by Gasteiger charge is 2.23. The van der Waals surface area contributed by atoms with E-state index in [1.54, 1.807) is 19.1 Å². The maximum Gasteiger partial charge on any atom is 0.257 e. The van der Waals surface area contributed by atoms with E-state index in [1.807, 2.05) is 12.1 Å². The largest absolute Gasteiger partial charge is 0.381 e. The molecule has 2 heterocycles. The van der Waals surface area contributed by atoms with Crippen molar-refractivity contribution in [3.05, 3.63) is 35.7 Å². The Hall–Kier alpha value is -2.01. The topological polar surface area (TPSA) is 65.2 Å². The van der Waals surface area contributed by atoms with Crippen LogP contribution in [0.2, 0.25) is 0 Å². The molecule has 5 nitrogen and oxygen atoms in total. The molecule has 3 rings (SSSR count). The maximum absolute atomic E-state index is 11.2. The Bertz CT molecular complexity index is 583. The molecule has 1 aromatic heterocycles. The predicted octanol–water partition coefficient (Wildman–Crippen LogP) is 2.44. The first kappa shape index (κ1) is 12.0. The lowest BCUT2D eigenvalue weighted by Gasteiger charge is -1.98. The number of nitrogens with zero attached hydrogens (tertiary/aromatic N) is 2. The van der Waals surface area contributed by atoms with Gasteiger partial charge in [-0.25, -0.2) is 0 Å². The summed E-state index contributed by atoms with van der Waals surface area (Å²) in [6.45, 7) is 2.95. The van der Waals surface area contributed by atoms with E-state index in [-0.39, 0.29) is 11.7 Å². The summed E-state index contributed by atoms with van der Waals surface area (Å²) in [7, 11) is 0. The minimum atomic E-state index is 0.0425. The van der Waals surface area contributed by atoms with E-state index >= 15 is 0 Å². The molecule has 5 heteroatoms. The third-order valence-corrected chi connectivity index (χ3v) is 3.27. The molecule has 1 aromatic carbocycles. The van der Waals surface area contributed by atoms with Crippen molar-refractivity contribution in [2.75, 3.05) is 13.2 Å². The Morgan fingerprint density at radius 3 is 2.74 bits per heavy atom. The summed E-state index contributed by atoms with van der Waals surface area (Å²) < 4.78 is 10.6. The van der Waals surface area contributed by atoms with E-state index in [9.17, 15) is 4.79 Å². The smallest absolute Gasteiger partial charge is 0.257 e. The minimum Gasteiger partial charge on any atom is -0.381 e. The third kappa shape index (κ3) is 2.42. The second-order valence-electron chi connectivity index (χ2n) is 4.65. The maximum atomic E-state index is 11.2. The minimum absolute atomic E-state index is 0.0425. The number of aromatic nitrogens is 2. The van der Waals surface area contributed by atoms with Crippen LogP contribution in [0.1, 0.15) is 35.4 Å². The van der Waals surface area contributed by atoms with Gasteiger partial charge in [-0.3, -0.25) is 4.79 Å². The molecule has 0 N–H and O–H groups in total. The highest BCUT2D eigenvalue weighted by molar-refractivity contribution is 5.94. The number of ketones is 1. The molecule has 1 saturated heterocycles. The molecule has 0 saturated carbocycles. The second-order valence-corrected chi connectivity index (χ2v) is 4.65. The van der Waals surface area contributed by atoms with E-state index in [4.69, 9.17) is 9.26 Å². The molecule has 0 amide bonds. The van der Waals surface area contributed by atoms with Gasteiger partial charge >= 0.3 is 0 Å². The lowest BCUT2D eigenvalue weighted by molar-refractivity contribution is 0.101. The second kappa shape index (κ2) is 4.93. The summed E-state index contributed by atoms with van der Waals surface area (Å²) in [4.78, 5) is 15.6. The molecule has 1 fully saturated rings. The van der Waals surface area contributed by atoms with Crippen molar-refractivity contribution in [1.82, 2.24) is 10.1 Å². The monoisotopic (exact) mass is 258 g/mol.